The molecule has 0 aliphatic carbocycles. The molecule has 1 atom stereocenters. The minimum absolute atomic E-state index is 0.104. The standard InChI is InChI=1S/C21H30N4O2S/c1-16-15-28-21(23-16)25-12-4-11-24(13-14-25)17(2)20(26)22-10-9-18-5-7-19(27-3)8-6-18/h5-8,15,17H,4,9-14H2,1-3H3,(H,22,26). The first-order valence-corrected chi connectivity index (χ1v) is 10.8. The van der Waals surface area contributed by atoms with Crippen molar-refractivity contribution in [3.8, 4) is 5.75 Å². The van der Waals surface area contributed by atoms with Crippen LogP contribution in [0.5, 0.6) is 5.75 Å². The normalized spacial score (nSPS) is 16.5. The van der Waals surface area contributed by atoms with E-state index in [1.807, 2.05) is 38.1 Å². The molecule has 1 N–H and O–H groups in total. The van der Waals surface area contributed by atoms with E-state index in [0.29, 0.717) is 6.54 Å². The highest BCUT2D eigenvalue weighted by atomic mass is 32.1. The van der Waals surface area contributed by atoms with Gasteiger partial charge in [0.2, 0.25) is 5.91 Å². The molecule has 1 aliphatic heterocycles. The fourth-order valence-electron chi connectivity index (χ4n) is 3.44. The van der Waals surface area contributed by atoms with Crippen LogP contribution in [0.1, 0.15) is 24.6 Å². The number of amides is 1. The lowest BCUT2D eigenvalue weighted by molar-refractivity contribution is -0.125. The molecule has 6 nitrogen and oxygen atoms in total. The fourth-order valence-corrected chi connectivity index (χ4v) is 4.30. The van der Waals surface area contributed by atoms with Crippen LogP contribution in [0, 0.1) is 6.92 Å². The van der Waals surface area contributed by atoms with Gasteiger partial charge in [-0.2, -0.15) is 0 Å². The molecule has 152 valence electrons. The third-order valence-corrected chi connectivity index (χ3v) is 6.23. The van der Waals surface area contributed by atoms with Crippen molar-refractivity contribution < 1.29 is 9.53 Å². The van der Waals surface area contributed by atoms with Crippen LogP contribution < -0.4 is 15.0 Å². The van der Waals surface area contributed by atoms with E-state index in [0.717, 1.165) is 55.6 Å². The van der Waals surface area contributed by atoms with Crippen LogP contribution in [0.2, 0.25) is 0 Å². The maximum atomic E-state index is 12.6. The average Bonchev–Trinajstić information content (AvgIpc) is 3.00. The number of aromatic nitrogens is 1. The lowest BCUT2D eigenvalue weighted by Gasteiger charge is -2.27. The predicted octanol–water partition coefficient (Wildman–Crippen LogP) is 2.72. The second-order valence-corrected chi connectivity index (χ2v) is 8.05. The fraction of sp³-hybridized carbons (Fsp3) is 0.524. The molecule has 28 heavy (non-hydrogen) atoms. The molecule has 7 heteroatoms. The summed E-state index contributed by atoms with van der Waals surface area (Å²) in [5, 5.41) is 6.28. The number of carbonyl (C=O) groups is 1. The lowest BCUT2D eigenvalue weighted by Crippen LogP contribution is -2.47. The largest absolute Gasteiger partial charge is 0.497 e. The van der Waals surface area contributed by atoms with Gasteiger partial charge < -0.3 is 15.0 Å². The first-order valence-electron chi connectivity index (χ1n) is 9.88. The summed E-state index contributed by atoms with van der Waals surface area (Å²) in [6.07, 6.45) is 1.86. The molecule has 0 saturated carbocycles. The van der Waals surface area contributed by atoms with Crippen molar-refractivity contribution in [2.75, 3.05) is 44.7 Å². The van der Waals surface area contributed by atoms with E-state index in [9.17, 15) is 4.79 Å². The maximum Gasteiger partial charge on any atom is 0.237 e. The summed E-state index contributed by atoms with van der Waals surface area (Å²) < 4.78 is 5.18. The summed E-state index contributed by atoms with van der Waals surface area (Å²) in [6, 6.07) is 7.87. The van der Waals surface area contributed by atoms with Crippen LogP contribution in [-0.2, 0) is 11.2 Å². The minimum atomic E-state index is -0.117. The number of ether oxygens (including phenoxy) is 1. The molecule has 1 saturated heterocycles. The molecule has 0 radical (unpaired) electrons. The van der Waals surface area contributed by atoms with Crippen LogP contribution in [0.25, 0.3) is 0 Å². The molecule has 1 unspecified atom stereocenters. The SMILES string of the molecule is COc1ccc(CCNC(=O)C(C)N2CCCN(c3nc(C)cs3)CC2)cc1. The number of rotatable bonds is 7. The van der Waals surface area contributed by atoms with Crippen LogP contribution in [0.3, 0.4) is 0 Å². The summed E-state index contributed by atoms with van der Waals surface area (Å²) >= 11 is 1.70. The molecule has 0 bridgehead atoms. The van der Waals surface area contributed by atoms with Gasteiger partial charge >= 0.3 is 0 Å². The number of hydrogen-bond donors (Lipinski definition) is 1. The highest BCUT2D eigenvalue weighted by Gasteiger charge is 2.24. The Balaban J connectivity index is 1.44. The molecule has 2 aromatic rings. The number of aryl methyl sites for hydroxylation is 1. The van der Waals surface area contributed by atoms with Crippen molar-refractivity contribution >= 4 is 22.4 Å². The van der Waals surface area contributed by atoms with Gasteiger partial charge in [0.15, 0.2) is 5.13 Å². The van der Waals surface area contributed by atoms with E-state index in [2.05, 4.69) is 25.5 Å². The van der Waals surface area contributed by atoms with Crippen LogP contribution in [0.4, 0.5) is 5.13 Å². The van der Waals surface area contributed by atoms with Crippen molar-refractivity contribution in [3.63, 3.8) is 0 Å². The smallest absolute Gasteiger partial charge is 0.237 e. The molecular weight excluding hydrogens is 372 g/mol. The van der Waals surface area contributed by atoms with Gasteiger partial charge in [0.05, 0.1) is 18.8 Å². The summed E-state index contributed by atoms with van der Waals surface area (Å²) in [7, 11) is 1.66. The first kappa shape index (κ1) is 20.6. The zero-order chi connectivity index (χ0) is 19.9. The predicted molar refractivity (Wildman–Crippen MR) is 114 cm³/mol. The van der Waals surface area contributed by atoms with Gasteiger partial charge in [-0.25, -0.2) is 4.98 Å². The van der Waals surface area contributed by atoms with Crippen molar-refractivity contribution in [3.05, 3.63) is 40.9 Å². The van der Waals surface area contributed by atoms with E-state index in [4.69, 9.17) is 4.74 Å². The number of nitrogens with zero attached hydrogens (tertiary/aromatic N) is 3. The number of anilines is 1. The lowest BCUT2D eigenvalue weighted by atomic mass is 10.1. The summed E-state index contributed by atoms with van der Waals surface area (Å²) in [5.41, 5.74) is 2.27. The van der Waals surface area contributed by atoms with Gasteiger partial charge in [0, 0.05) is 38.1 Å². The molecule has 1 fully saturated rings. The molecule has 3 rings (SSSR count). The van der Waals surface area contributed by atoms with Crippen LogP contribution in [-0.4, -0.2) is 61.7 Å². The molecular formula is C21H30N4O2S. The van der Waals surface area contributed by atoms with Crippen molar-refractivity contribution in [2.24, 2.45) is 0 Å². The van der Waals surface area contributed by atoms with Crippen LogP contribution in [0.15, 0.2) is 29.6 Å². The summed E-state index contributed by atoms with van der Waals surface area (Å²) in [6.45, 7) is 8.41. The minimum Gasteiger partial charge on any atom is -0.497 e. The van der Waals surface area contributed by atoms with E-state index in [1.165, 1.54) is 5.56 Å². The molecule has 2 heterocycles. The van der Waals surface area contributed by atoms with Crippen LogP contribution >= 0.6 is 11.3 Å². The van der Waals surface area contributed by atoms with E-state index in [1.54, 1.807) is 18.4 Å². The van der Waals surface area contributed by atoms with Gasteiger partial charge in [-0.15, -0.1) is 11.3 Å². The molecule has 1 aliphatic rings. The van der Waals surface area contributed by atoms with E-state index >= 15 is 0 Å². The first-order chi connectivity index (χ1) is 13.6. The van der Waals surface area contributed by atoms with Crippen molar-refractivity contribution in [1.82, 2.24) is 15.2 Å². The number of benzene rings is 1. The number of methoxy groups -OCH3 is 1. The van der Waals surface area contributed by atoms with Gasteiger partial charge in [-0.05, 0) is 44.4 Å². The molecule has 1 aromatic carbocycles. The summed E-state index contributed by atoms with van der Waals surface area (Å²) in [4.78, 5) is 21.8. The number of thiazole rings is 1. The second-order valence-electron chi connectivity index (χ2n) is 7.21. The zero-order valence-electron chi connectivity index (χ0n) is 17.0. The van der Waals surface area contributed by atoms with E-state index < -0.39 is 0 Å². The Morgan fingerprint density at radius 1 is 1.25 bits per heavy atom. The van der Waals surface area contributed by atoms with Gasteiger partial charge in [0.25, 0.3) is 0 Å². The highest BCUT2D eigenvalue weighted by molar-refractivity contribution is 7.13. The summed E-state index contributed by atoms with van der Waals surface area (Å²) in [5.74, 6) is 0.955. The average molecular weight is 403 g/mol. The molecule has 1 aromatic heterocycles. The Bertz CT molecular complexity index is 762. The van der Waals surface area contributed by atoms with Gasteiger partial charge in [-0.1, -0.05) is 12.1 Å². The molecule has 0 spiro atoms. The monoisotopic (exact) mass is 402 g/mol. The van der Waals surface area contributed by atoms with Gasteiger partial charge in [0.1, 0.15) is 5.75 Å². The second kappa shape index (κ2) is 9.89. The Kier molecular flexibility index (Phi) is 7.28. The Morgan fingerprint density at radius 2 is 2.04 bits per heavy atom. The van der Waals surface area contributed by atoms with E-state index in [-0.39, 0.29) is 11.9 Å². The third-order valence-electron chi connectivity index (χ3n) is 5.21. The maximum absolute atomic E-state index is 12.6. The number of nitrogens with one attached hydrogen (secondary N) is 1. The van der Waals surface area contributed by atoms with Crippen molar-refractivity contribution in [1.29, 1.82) is 0 Å². The highest BCUT2D eigenvalue weighted by Crippen LogP contribution is 2.22. The Morgan fingerprint density at radius 3 is 2.71 bits per heavy atom. The third kappa shape index (κ3) is 5.45. The number of carbonyl (C=O) groups excluding carboxylic acids is 1. The zero-order valence-corrected chi connectivity index (χ0v) is 17.8. The number of hydrogen-bond acceptors (Lipinski definition) is 6. The molecule has 1 amide bonds. The Labute approximate surface area is 171 Å². The van der Waals surface area contributed by atoms with Crippen molar-refractivity contribution in [2.45, 2.75) is 32.7 Å². The van der Waals surface area contributed by atoms with Gasteiger partial charge in [-0.3, -0.25) is 9.69 Å². The quantitative estimate of drug-likeness (QED) is 0.772. The topological polar surface area (TPSA) is 57.7 Å². The Hall–Kier alpha value is -2.12.